The van der Waals surface area contributed by atoms with Crippen LogP contribution in [-0.4, -0.2) is 41.2 Å². The normalized spacial score (nSPS) is 17.6. The molecule has 6 rings (SSSR count). The fraction of sp³-hybridized carbons (Fsp3) is 0.229. The SMILES string of the molecule is COc1ccccc1CN(C(=O)CN1C(=O)c2ccccc2C1=O)C1c2ccccc2CCC1Cc1ccccc1. The van der Waals surface area contributed by atoms with Gasteiger partial charge in [0.1, 0.15) is 12.3 Å². The summed E-state index contributed by atoms with van der Waals surface area (Å²) in [5.41, 5.74) is 5.10. The molecule has 2 unspecified atom stereocenters. The number of rotatable bonds is 8. The molecule has 6 heteroatoms. The number of methoxy groups -OCH3 is 1. The van der Waals surface area contributed by atoms with Crippen LogP contribution in [0.25, 0.3) is 0 Å². The van der Waals surface area contributed by atoms with E-state index in [0.29, 0.717) is 16.9 Å². The lowest BCUT2D eigenvalue weighted by atomic mass is 9.76. The number of benzene rings is 4. The second kappa shape index (κ2) is 11.4. The maximum Gasteiger partial charge on any atom is 0.262 e. The van der Waals surface area contributed by atoms with Gasteiger partial charge in [0, 0.05) is 12.1 Å². The van der Waals surface area contributed by atoms with Gasteiger partial charge in [-0.05, 0) is 60.1 Å². The predicted molar refractivity (Wildman–Crippen MR) is 156 cm³/mol. The summed E-state index contributed by atoms with van der Waals surface area (Å²) in [4.78, 5) is 43.8. The number of carbonyl (C=O) groups excluding carboxylic acids is 3. The zero-order valence-corrected chi connectivity index (χ0v) is 23.0. The van der Waals surface area contributed by atoms with Crippen LogP contribution < -0.4 is 4.74 Å². The molecule has 3 amide bonds. The van der Waals surface area contributed by atoms with Crippen LogP contribution in [0.1, 0.15) is 55.4 Å². The Labute approximate surface area is 240 Å². The van der Waals surface area contributed by atoms with E-state index in [1.165, 1.54) is 11.1 Å². The first kappa shape index (κ1) is 26.5. The van der Waals surface area contributed by atoms with Gasteiger partial charge in [0.05, 0.1) is 24.3 Å². The molecule has 206 valence electrons. The highest BCUT2D eigenvalue weighted by Gasteiger charge is 2.41. The monoisotopic (exact) mass is 544 g/mol. The third kappa shape index (κ3) is 5.13. The molecule has 0 saturated carbocycles. The van der Waals surface area contributed by atoms with E-state index in [-0.39, 0.29) is 31.0 Å². The molecule has 1 aliphatic carbocycles. The summed E-state index contributed by atoms with van der Waals surface area (Å²) in [5.74, 6) is -0.296. The molecule has 4 aromatic rings. The molecular weight excluding hydrogens is 512 g/mol. The summed E-state index contributed by atoms with van der Waals surface area (Å²) in [6, 6.07) is 32.8. The smallest absolute Gasteiger partial charge is 0.262 e. The molecule has 1 heterocycles. The molecule has 0 spiro atoms. The van der Waals surface area contributed by atoms with Gasteiger partial charge in [-0.2, -0.15) is 0 Å². The molecular formula is C35H32N2O4. The lowest BCUT2D eigenvalue weighted by Crippen LogP contribution is -2.46. The highest BCUT2D eigenvalue weighted by molar-refractivity contribution is 6.22. The number of fused-ring (bicyclic) bond motifs is 2. The summed E-state index contributed by atoms with van der Waals surface area (Å²) in [6.45, 7) is -0.0332. The molecule has 6 nitrogen and oxygen atoms in total. The average molecular weight is 545 g/mol. The van der Waals surface area contributed by atoms with Crippen molar-refractivity contribution in [2.75, 3.05) is 13.7 Å². The van der Waals surface area contributed by atoms with Crippen LogP contribution in [0, 0.1) is 5.92 Å². The molecule has 2 aliphatic rings. The van der Waals surface area contributed by atoms with E-state index in [4.69, 9.17) is 4.74 Å². The van der Waals surface area contributed by atoms with Gasteiger partial charge in [-0.15, -0.1) is 0 Å². The number of ether oxygens (including phenoxy) is 1. The first-order valence-electron chi connectivity index (χ1n) is 14.0. The van der Waals surface area contributed by atoms with Gasteiger partial charge in [0.2, 0.25) is 5.91 Å². The number of aryl methyl sites for hydroxylation is 1. The van der Waals surface area contributed by atoms with Crippen molar-refractivity contribution in [2.24, 2.45) is 5.92 Å². The molecule has 2 atom stereocenters. The zero-order chi connectivity index (χ0) is 28.3. The molecule has 1 aliphatic heterocycles. The molecule has 0 saturated heterocycles. The lowest BCUT2D eigenvalue weighted by Gasteiger charge is -2.42. The molecule has 0 N–H and O–H groups in total. The Morgan fingerprint density at radius 3 is 2.20 bits per heavy atom. The largest absolute Gasteiger partial charge is 0.496 e. The van der Waals surface area contributed by atoms with Crippen LogP contribution in [0.4, 0.5) is 0 Å². The Morgan fingerprint density at radius 1 is 0.829 bits per heavy atom. The Bertz CT molecular complexity index is 1560. The minimum atomic E-state index is -0.430. The van der Waals surface area contributed by atoms with E-state index in [2.05, 4.69) is 24.3 Å². The van der Waals surface area contributed by atoms with Crippen LogP contribution in [0.3, 0.4) is 0 Å². The van der Waals surface area contributed by atoms with E-state index in [1.807, 2.05) is 59.5 Å². The van der Waals surface area contributed by atoms with Crippen molar-refractivity contribution < 1.29 is 19.1 Å². The van der Waals surface area contributed by atoms with Gasteiger partial charge in [0.15, 0.2) is 0 Å². The van der Waals surface area contributed by atoms with Crippen LogP contribution in [0.2, 0.25) is 0 Å². The molecule has 0 bridgehead atoms. The Kier molecular flexibility index (Phi) is 7.38. The van der Waals surface area contributed by atoms with Gasteiger partial charge < -0.3 is 9.64 Å². The maximum absolute atomic E-state index is 14.4. The van der Waals surface area contributed by atoms with Gasteiger partial charge >= 0.3 is 0 Å². The molecule has 4 aromatic carbocycles. The van der Waals surface area contributed by atoms with Crippen molar-refractivity contribution in [3.05, 3.63) is 137 Å². The van der Waals surface area contributed by atoms with E-state index in [1.54, 1.807) is 31.4 Å². The molecule has 0 fully saturated rings. The van der Waals surface area contributed by atoms with Crippen molar-refractivity contribution >= 4 is 17.7 Å². The third-order valence-electron chi connectivity index (χ3n) is 8.31. The Hall–Kier alpha value is -4.71. The molecule has 0 radical (unpaired) electrons. The predicted octanol–water partition coefficient (Wildman–Crippen LogP) is 5.87. The van der Waals surface area contributed by atoms with Crippen LogP contribution >= 0.6 is 0 Å². The number of para-hydroxylation sites is 1. The van der Waals surface area contributed by atoms with Gasteiger partial charge in [-0.1, -0.05) is 84.9 Å². The maximum atomic E-state index is 14.4. The summed E-state index contributed by atoms with van der Waals surface area (Å²) in [7, 11) is 1.62. The van der Waals surface area contributed by atoms with Crippen LogP contribution in [0.5, 0.6) is 5.75 Å². The van der Waals surface area contributed by atoms with Crippen LogP contribution in [-0.2, 0) is 24.2 Å². The van der Waals surface area contributed by atoms with Gasteiger partial charge in [-0.3, -0.25) is 19.3 Å². The number of nitrogens with zero attached hydrogens (tertiary/aromatic N) is 2. The molecule has 0 aromatic heterocycles. The van der Waals surface area contributed by atoms with Gasteiger partial charge in [0.25, 0.3) is 11.8 Å². The number of hydrogen-bond acceptors (Lipinski definition) is 4. The van der Waals surface area contributed by atoms with E-state index >= 15 is 0 Å². The highest BCUT2D eigenvalue weighted by atomic mass is 16.5. The lowest BCUT2D eigenvalue weighted by molar-refractivity contribution is -0.136. The second-order valence-electron chi connectivity index (χ2n) is 10.7. The fourth-order valence-corrected chi connectivity index (χ4v) is 6.32. The summed E-state index contributed by atoms with van der Waals surface area (Å²) in [6.07, 6.45) is 2.65. The minimum absolute atomic E-state index is 0.146. The van der Waals surface area contributed by atoms with E-state index < -0.39 is 11.8 Å². The number of hydrogen-bond donors (Lipinski definition) is 0. The average Bonchev–Trinajstić information content (AvgIpc) is 3.25. The number of amides is 3. The first-order chi connectivity index (χ1) is 20.0. The fourth-order valence-electron chi connectivity index (χ4n) is 6.32. The van der Waals surface area contributed by atoms with Crippen molar-refractivity contribution in [3.63, 3.8) is 0 Å². The summed E-state index contributed by atoms with van der Waals surface area (Å²) >= 11 is 0. The second-order valence-corrected chi connectivity index (χ2v) is 10.7. The van der Waals surface area contributed by atoms with Crippen LogP contribution in [0.15, 0.2) is 103 Å². The van der Waals surface area contributed by atoms with Crippen molar-refractivity contribution in [3.8, 4) is 5.75 Å². The number of carbonyl (C=O) groups is 3. The zero-order valence-electron chi connectivity index (χ0n) is 23.0. The minimum Gasteiger partial charge on any atom is -0.496 e. The summed E-state index contributed by atoms with van der Waals surface area (Å²) in [5, 5.41) is 0. The van der Waals surface area contributed by atoms with Crippen molar-refractivity contribution in [1.29, 1.82) is 0 Å². The van der Waals surface area contributed by atoms with Crippen molar-refractivity contribution in [2.45, 2.75) is 31.8 Å². The highest BCUT2D eigenvalue weighted by Crippen LogP contribution is 2.42. The number of imide groups is 1. The Morgan fingerprint density at radius 2 is 1.46 bits per heavy atom. The quantitative estimate of drug-likeness (QED) is 0.261. The topological polar surface area (TPSA) is 66.9 Å². The Balaban J connectivity index is 1.40. The standard InChI is InChI=1S/C35H32N2O4/c1-41-31-18-10-6-14-27(31)22-36(32(38)23-37-34(39)29-16-8-9-17-30(29)35(37)40)33-26(21-24-11-3-2-4-12-24)20-19-25-13-5-7-15-28(25)33/h2-18,26,33H,19-23H2,1H3. The third-order valence-corrected chi connectivity index (χ3v) is 8.31. The van der Waals surface area contributed by atoms with E-state index in [9.17, 15) is 14.4 Å². The van der Waals surface area contributed by atoms with E-state index in [0.717, 1.165) is 35.3 Å². The van der Waals surface area contributed by atoms with Gasteiger partial charge in [-0.25, -0.2) is 0 Å². The summed E-state index contributed by atoms with van der Waals surface area (Å²) < 4.78 is 5.66. The first-order valence-corrected chi connectivity index (χ1v) is 14.0. The molecule has 41 heavy (non-hydrogen) atoms. The van der Waals surface area contributed by atoms with Crippen molar-refractivity contribution in [1.82, 2.24) is 9.80 Å².